The fourth-order valence-electron chi connectivity index (χ4n) is 1.60. The van der Waals surface area contributed by atoms with E-state index < -0.39 is 0 Å². The van der Waals surface area contributed by atoms with Crippen LogP contribution in [-0.4, -0.2) is 50.1 Å². The molecule has 0 spiro atoms. The highest BCUT2D eigenvalue weighted by Crippen LogP contribution is 2.10. The summed E-state index contributed by atoms with van der Waals surface area (Å²) in [7, 11) is 3.17. The Morgan fingerprint density at radius 1 is 1.60 bits per heavy atom. The summed E-state index contributed by atoms with van der Waals surface area (Å²) in [6.45, 7) is 3.37. The van der Waals surface area contributed by atoms with Crippen molar-refractivity contribution in [2.75, 3.05) is 27.3 Å². The van der Waals surface area contributed by atoms with E-state index in [0.717, 1.165) is 0 Å². The maximum atomic E-state index is 11.5. The third-order valence-corrected chi connectivity index (χ3v) is 2.55. The second kappa shape index (κ2) is 5.23. The molecular weight excluding hydrogens is 196 g/mol. The average molecular weight is 214 g/mol. The van der Waals surface area contributed by atoms with Crippen molar-refractivity contribution in [3.8, 4) is 0 Å². The summed E-state index contributed by atoms with van der Waals surface area (Å²) >= 11 is 0. The molecule has 2 amide bonds. The molecule has 0 bridgehead atoms. The maximum absolute atomic E-state index is 11.5. The highest BCUT2D eigenvalue weighted by atomic mass is 16.5. The summed E-state index contributed by atoms with van der Waals surface area (Å²) in [4.78, 5) is 23.9. The predicted molar refractivity (Wildman–Crippen MR) is 55.2 cm³/mol. The van der Waals surface area contributed by atoms with Crippen LogP contribution in [-0.2, 0) is 14.3 Å². The Kier molecular flexibility index (Phi) is 4.23. The molecule has 2 unspecified atom stereocenters. The van der Waals surface area contributed by atoms with Gasteiger partial charge in [0.15, 0.2) is 0 Å². The molecule has 0 aromatic carbocycles. The third kappa shape index (κ3) is 3.00. The Balaban J connectivity index is 2.34. The number of nitrogens with zero attached hydrogens (tertiary/aromatic N) is 1. The van der Waals surface area contributed by atoms with E-state index in [-0.39, 0.29) is 24.3 Å². The molecule has 1 fully saturated rings. The topological polar surface area (TPSA) is 58.6 Å². The van der Waals surface area contributed by atoms with Crippen LogP contribution in [0.15, 0.2) is 0 Å². The Morgan fingerprint density at radius 3 is 2.73 bits per heavy atom. The van der Waals surface area contributed by atoms with Crippen LogP contribution in [0.25, 0.3) is 0 Å². The Bertz CT molecular complexity index is 255. The van der Waals surface area contributed by atoms with E-state index in [1.165, 1.54) is 11.9 Å². The van der Waals surface area contributed by atoms with Crippen molar-refractivity contribution in [1.29, 1.82) is 0 Å². The van der Waals surface area contributed by atoms with Gasteiger partial charge in [0.2, 0.25) is 11.8 Å². The number of likely N-dealkylation sites (N-methyl/N-ethyl adjacent to an activating group) is 1. The first-order valence-electron chi connectivity index (χ1n) is 5.09. The lowest BCUT2D eigenvalue weighted by Crippen LogP contribution is -2.39. The Hall–Kier alpha value is -0.940. The zero-order valence-corrected chi connectivity index (χ0v) is 9.45. The number of hydrogen-bond acceptors (Lipinski definition) is 4. The normalized spacial score (nSPS) is 23.7. The molecule has 1 aliphatic rings. The first-order valence-corrected chi connectivity index (χ1v) is 5.09. The first kappa shape index (κ1) is 12.1. The smallest absolute Gasteiger partial charge is 0.246 e. The fraction of sp³-hybridized carbons (Fsp3) is 0.800. The molecule has 0 aromatic rings. The van der Waals surface area contributed by atoms with Crippen LogP contribution in [0, 0.1) is 5.92 Å². The number of imide groups is 1. The van der Waals surface area contributed by atoms with Gasteiger partial charge in [-0.25, -0.2) is 0 Å². The molecule has 1 N–H and O–H groups in total. The molecule has 1 aliphatic heterocycles. The van der Waals surface area contributed by atoms with Gasteiger partial charge in [0.05, 0.1) is 12.5 Å². The molecular formula is C10H18N2O3. The molecule has 15 heavy (non-hydrogen) atoms. The lowest BCUT2D eigenvalue weighted by atomic mass is 10.1. The third-order valence-electron chi connectivity index (χ3n) is 2.55. The molecule has 86 valence electrons. The Labute approximate surface area is 89.8 Å². The molecule has 1 rings (SSSR count). The highest BCUT2D eigenvalue weighted by molar-refractivity contribution is 6.05. The van der Waals surface area contributed by atoms with Crippen molar-refractivity contribution in [3.05, 3.63) is 0 Å². The predicted octanol–water partition coefficient (Wildman–Crippen LogP) is -0.384. The average Bonchev–Trinajstić information content (AvgIpc) is 2.43. The van der Waals surface area contributed by atoms with E-state index in [1.54, 1.807) is 7.11 Å². The van der Waals surface area contributed by atoms with E-state index in [2.05, 4.69) is 5.32 Å². The van der Waals surface area contributed by atoms with E-state index in [4.69, 9.17) is 4.74 Å². The van der Waals surface area contributed by atoms with Crippen LogP contribution < -0.4 is 5.32 Å². The summed E-state index contributed by atoms with van der Waals surface area (Å²) < 4.78 is 4.99. The van der Waals surface area contributed by atoms with E-state index in [9.17, 15) is 9.59 Å². The molecule has 5 heteroatoms. The number of hydrogen-bond donors (Lipinski definition) is 1. The van der Waals surface area contributed by atoms with E-state index >= 15 is 0 Å². The number of rotatable bonds is 5. The van der Waals surface area contributed by atoms with E-state index in [0.29, 0.717) is 19.1 Å². The van der Waals surface area contributed by atoms with Gasteiger partial charge in [-0.1, -0.05) is 6.92 Å². The van der Waals surface area contributed by atoms with Gasteiger partial charge in [-0.2, -0.15) is 0 Å². The number of methoxy groups -OCH3 is 1. The van der Waals surface area contributed by atoms with Crippen LogP contribution in [0.4, 0.5) is 0 Å². The van der Waals surface area contributed by atoms with Crippen molar-refractivity contribution in [1.82, 2.24) is 10.2 Å². The van der Waals surface area contributed by atoms with Gasteiger partial charge in [-0.3, -0.25) is 14.5 Å². The molecule has 1 heterocycles. The van der Waals surface area contributed by atoms with Crippen LogP contribution in [0.5, 0.6) is 0 Å². The fourth-order valence-corrected chi connectivity index (χ4v) is 1.60. The van der Waals surface area contributed by atoms with Crippen molar-refractivity contribution < 1.29 is 14.3 Å². The molecule has 0 radical (unpaired) electrons. The zero-order valence-electron chi connectivity index (χ0n) is 9.45. The highest BCUT2D eigenvalue weighted by Gasteiger charge is 2.35. The molecule has 0 aliphatic carbocycles. The summed E-state index contributed by atoms with van der Waals surface area (Å²) in [5.74, 6) is 0.0883. The van der Waals surface area contributed by atoms with Crippen molar-refractivity contribution in [2.45, 2.75) is 19.4 Å². The Morgan fingerprint density at radius 2 is 2.27 bits per heavy atom. The standard InChI is InChI=1S/C10H18N2O3/c1-7(6-15-3)5-11-8-4-9(13)12(2)10(8)14/h7-8,11H,4-6H2,1-3H3. The minimum Gasteiger partial charge on any atom is -0.384 e. The van der Waals surface area contributed by atoms with Crippen LogP contribution in [0.2, 0.25) is 0 Å². The SMILES string of the molecule is COCC(C)CNC1CC(=O)N(C)C1=O. The van der Waals surface area contributed by atoms with Gasteiger partial charge in [-0.05, 0) is 5.92 Å². The largest absolute Gasteiger partial charge is 0.384 e. The van der Waals surface area contributed by atoms with Gasteiger partial charge in [0.1, 0.15) is 0 Å². The molecule has 5 nitrogen and oxygen atoms in total. The van der Waals surface area contributed by atoms with Crippen LogP contribution >= 0.6 is 0 Å². The zero-order chi connectivity index (χ0) is 11.4. The van der Waals surface area contributed by atoms with Gasteiger partial charge in [-0.15, -0.1) is 0 Å². The molecule has 0 aromatic heterocycles. The summed E-state index contributed by atoms with van der Waals surface area (Å²) in [6, 6.07) is -0.346. The molecule has 0 saturated carbocycles. The van der Waals surface area contributed by atoms with Crippen LogP contribution in [0.1, 0.15) is 13.3 Å². The number of amides is 2. The number of ether oxygens (including phenoxy) is 1. The van der Waals surface area contributed by atoms with Gasteiger partial charge < -0.3 is 10.1 Å². The maximum Gasteiger partial charge on any atom is 0.246 e. The second-order valence-corrected chi connectivity index (χ2v) is 4.02. The van der Waals surface area contributed by atoms with Gasteiger partial charge >= 0.3 is 0 Å². The summed E-state index contributed by atoms with van der Waals surface area (Å²) in [5, 5.41) is 3.08. The number of likely N-dealkylation sites (tertiary alicyclic amines) is 1. The second-order valence-electron chi connectivity index (χ2n) is 4.02. The number of carbonyl (C=O) groups is 2. The minimum atomic E-state index is -0.346. The van der Waals surface area contributed by atoms with E-state index in [1.807, 2.05) is 6.92 Å². The number of nitrogens with one attached hydrogen (secondary N) is 1. The summed E-state index contributed by atoms with van der Waals surface area (Å²) in [5.41, 5.74) is 0. The van der Waals surface area contributed by atoms with Crippen molar-refractivity contribution in [2.24, 2.45) is 5.92 Å². The lowest BCUT2D eigenvalue weighted by molar-refractivity contribution is -0.137. The molecule has 2 atom stereocenters. The van der Waals surface area contributed by atoms with Crippen LogP contribution in [0.3, 0.4) is 0 Å². The number of carbonyl (C=O) groups excluding carboxylic acids is 2. The monoisotopic (exact) mass is 214 g/mol. The summed E-state index contributed by atoms with van der Waals surface area (Å²) in [6.07, 6.45) is 0.273. The molecule has 1 saturated heterocycles. The van der Waals surface area contributed by atoms with Crippen molar-refractivity contribution >= 4 is 11.8 Å². The van der Waals surface area contributed by atoms with Crippen molar-refractivity contribution in [3.63, 3.8) is 0 Å². The van der Waals surface area contributed by atoms with Gasteiger partial charge in [0.25, 0.3) is 0 Å². The lowest BCUT2D eigenvalue weighted by Gasteiger charge is -2.14. The quantitative estimate of drug-likeness (QED) is 0.634. The minimum absolute atomic E-state index is 0.114. The first-order chi connectivity index (χ1) is 7.06. The van der Waals surface area contributed by atoms with Gasteiger partial charge in [0, 0.05) is 27.3 Å².